The van der Waals surface area contributed by atoms with Gasteiger partial charge in [-0.1, -0.05) is 42.5 Å². The van der Waals surface area contributed by atoms with Crippen molar-refractivity contribution in [2.75, 3.05) is 5.32 Å². The zero-order valence-corrected chi connectivity index (χ0v) is 14.5. The predicted molar refractivity (Wildman–Crippen MR) is 98.3 cm³/mol. The van der Waals surface area contributed by atoms with Crippen molar-refractivity contribution in [2.45, 2.75) is 18.9 Å². The Morgan fingerprint density at radius 2 is 1.96 bits per heavy atom. The van der Waals surface area contributed by atoms with Crippen LogP contribution in [0.3, 0.4) is 0 Å². The van der Waals surface area contributed by atoms with Gasteiger partial charge in [-0.25, -0.2) is 9.48 Å². The summed E-state index contributed by atoms with van der Waals surface area (Å²) in [6.07, 6.45) is 2.29. The molecular weight excluding hydrogens is 328 g/mol. The van der Waals surface area contributed by atoms with Crippen LogP contribution in [0, 0.1) is 5.92 Å². The van der Waals surface area contributed by atoms with E-state index >= 15 is 0 Å². The molecule has 1 aliphatic rings. The maximum absolute atomic E-state index is 12.5. The Balaban J connectivity index is 1.47. The number of aromatic nitrogens is 4. The Hall–Kier alpha value is -3.22. The predicted octanol–water partition coefficient (Wildman–Crippen LogP) is 3.15. The van der Waals surface area contributed by atoms with E-state index in [4.69, 9.17) is 0 Å². The van der Waals surface area contributed by atoms with E-state index in [9.17, 15) is 4.79 Å². The highest BCUT2D eigenvalue weighted by Crippen LogP contribution is 2.40. The van der Waals surface area contributed by atoms with Crippen LogP contribution < -0.4 is 10.6 Å². The minimum Gasteiger partial charge on any atom is -0.331 e. The second-order valence-corrected chi connectivity index (χ2v) is 6.53. The fourth-order valence-corrected chi connectivity index (χ4v) is 3.08. The molecule has 1 atom stereocenters. The van der Waals surface area contributed by atoms with Crippen LogP contribution in [-0.2, 0) is 7.05 Å². The molecule has 0 bridgehead atoms. The number of rotatable bonds is 5. The number of benzene rings is 2. The highest BCUT2D eigenvalue weighted by atomic mass is 16.2. The fourth-order valence-electron chi connectivity index (χ4n) is 3.08. The Labute approximate surface area is 151 Å². The van der Waals surface area contributed by atoms with Gasteiger partial charge in [-0.05, 0) is 46.9 Å². The smallest absolute Gasteiger partial charge is 0.319 e. The van der Waals surface area contributed by atoms with Crippen molar-refractivity contribution in [1.29, 1.82) is 0 Å². The van der Waals surface area contributed by atoms with E-state index in [0.717, 1.165) is 24.0 Å². The van der Waals surface area contributed by atoms with Gasteiger partial charge in [-0.2, -0.15) is 0 Å². The summed E-state index contributed by atoms with van der Waals surface area (Å²) in [6, 6.07) is 17.4. The number of nitrogens with one attached hydrogen (secondary N) is 2. The largest absolute Gasteiger partial charge is 0.331 e. The van der Waals surface area contributed by atoms with E-state index in [1.54, 1.807) is 11.7 Å². The van der Waals surface area contributed by atoms with Gasteiger partial charge in [0.25, 0.3) is 0 Å². The van der Waals surface area contributed by atoms with Crippen LogP contribution in [0.25, 0.3) is 11.4 Å². The summed E-state index contributed by atoms with van der Waals surface area (Å²) in [4.78, 5) is 12.5. The van der Waals surface area contributed by atoms with Crippen molar-refractivity contribution in [3.63, 3.8) is 0 Å². The van der Waals surface area contributed by atoms with Gasteiger partial charge in [0, 0.05) is 18.3 Å². The van der Waals surface area contributed by atoms with Gasteiger partial charge in [0.05, 0.1) is 6.04 Å². The zero-order chi connectivity index (χ0) is 17.9. The Morgan fingerprint density at radius 3 is 2.65 bits per heavy atom. The highest BCUT2D eigenvalue weighted by molar-refractivity contribution is 5.90. The van der Waals surface area contributed by atoms with E-state index in [2.05, 4.69) is 38.3 Å². The molecule has 1 heterocycles. The van der Waals surface area contributed by atoms with Crippen molar-refractivity contribution < 1.29 is 4.79 Å². The number of aryl methyl sites for hydroxylation is 1. The lowest BCUT2D eigenvalue weighted by Crippen LogP contribution is -2.33. The summed E-state index contributed by atoms with van der Waals surface area (Å²) in [5, 5.41) is 17.5. The lowest BCUT2D eigenvalue weighted by atomic mass is 10.0. The van der Waals surface area contributed by atoms with Crippen LogP contribution in [0.4, 0.5) is 10.5 Å². The number of carbonyl (C=O) groups excluding carboxylic acids is 1. The van der Waals surface area contributed by atoms with Crippen molar-refractivity contribution in [1.82, 2.24) is 25.5 Å². The molecule has 0 spiro atoms. The van der Waals surface area contributed by atoms with Crippen LogP contribution in [0.1, 0.15) is 24.4 Å². The maximum Gasteiger partial charge on any atom is 0.319 e. The molecular formula is C19H20N6O. The average Bonchev–Trinajstić information content (AvgIpc) is 3.41. The first-order chi connectivity index (χ1) is 12.7. The topological polar surface area (TPSA) is 84.7 Å². The van der Waals surface area contributed by atoms with E-state index in [1.165, 1.54) is 0 Å². The zero-order valence-electron chi connectivity index (χ0n) is 14.5. The summed E-state index contributed by atoms with van der Waals surface area (Å²) in [5.41, 5.74) is 2.69. The molecule has 1 aromatic heterocycles. The van der Waals surface area contributed by atoms with Crippen molar-refractivity contribution in [3.05, 3.63) is 60.2 Å². The molecule has 4 rings (SSSR count). The number of anilines is 1. The van der Waals surface area contributed by atoms with Gasteiger partial charge in [0.15, 0.2) is 5.82 Å². The lowest BCUT2D eigenvalue weighted by Gasteiger charge is -2.19. The Kier molecular flexibility index (Phi) is 4.35. The number of hydrogen-bond acceptors (Lipinski definition) is 4. The molecule has 2 N–H and O–H groups in total. The van der Waals surface area contributed by atoms with Gasteiger partial charge in [-0.3, -0.25) is 0 Å². The summed E-state index contributed by atoms with van der Waals surface area (Å²) in [5.74, 6) is 1.16. The van der Waals surface area contributed by atoms with Crippen molar-refractivity contribution in [3.8, 4) is 11.4 Å². The van der Waals surface area contributed by atoms with Gasteiger partial charge in [-0.15, -0.1) is 5.10 Å². The molecule has 1 aliphatic carbocycles. The standard InChI is InChI=1S/C19H20N6O/c1-25-18(22-23-24-25)15-8-5-9-16(12-15)20-19(26)21-17(14-10-11-14)13-6-3-2-4-7-13/h2-9,12,14,17H,10-11H2,1H3,(H2,20,21,26). The van der Waals surface area contributed by atoms with Crippen molar-refractivity contribution >= 4 is 11.7 Å². The number of amides is 2. The molecule has 3 aromatic rings. The van der Waals surface area contributed by atoms with Crippen LogP contribution in [0.2, 0.25) is 0 Å². The number of urea groups is 1. The van der Waals surface area contributed by atoms with E-state index in [-0.39, 0.29) is 12.1 Å². The Morgan fingerprint density at radius 1 is 1.15 bits per heavy atom. The second-order valence-electron chi connectivity index (χ2n) is 6.53. The molecule has 0 aliphatic heterocycles. The second kappa shape index (κ2) is 6.95. The molecule has 1 saturated carbocycles. The molecule has 2 amide bonds. The molecule has 0 radical (unpaired) electrons. The third kappa shape index (κ3) is 3.56. The Bertz CT molecular complexity index is 903. The number of nitrogens with zero attached hydrogens (tertiary/aromatic N) is 4. The summed E-state index contributed by atoms with van der Waals surface area (Å²) < 4.78 is 1.59. The minimum atomic E-state index is -0.209. The third-order valence-corrected chi connectivity index (χ3v) is 4.54. The summed E-state index contributed by atoms with van der Waals surface area (Å²) >= 11 is 0. The lowest BCUT2D eigenvalue weighted by molar-refractivity contribution is 0.247. The van der Waals surface area contributed by atoms with E-state index in [1.807, 2.05) is 42.5 Å². The van der Waals surface area contributed by atoms with Gasteiger partial charge in [0.2, 0.25) is 0 Å². The number of carbonyl (C=O) groups is 1. The summed E-state index contributed by atoms with van der Waals surface area (Å²) in [6.45, 7) is 0. The van der Waals surface area contributed by atoms with E-state index < -0.39 is 0 Å². The molecule has 7 heteroatoms. The highest BCUT2D eigenvalue weighted by Gasteiger charge is 2.33. The molecule has 7 nitrogen and oxygen atoms in total. The average molecular weight is 348 g/mol. The first-order valence-electron chi connectivity index (χ1n) is 8.66. The SMILES string of the molecule is Cn1nnnc1-c1cccc(NC(=O)NC(c2ccccc2)C2CC2)c1. The molecule has 26 heavy (non-hydrogen) atoms. The van der Waals surface area contributed by atoms with E-state index in [0.29, 0.717) is 17.4 Å². The number of hydrogen-bond donors (Lipinski definition) is 2. The monoisotopic (exact) mass is 348 g/mol. The van der Waals surface area contributed by atoms with Crippen LogP contribution in [0.15, 0.2) is 54.6 Å². The van der Waals surface area contributed by atoms with Crippen LogP contribution in [-0.4, -0.2) is 26.2 Å². The quantitative estimate of drug-likeness (QED) is 0.742. The molecule has 2 aromatic carbocycles. The van der Waals surface area contributed by atoms with Crippen molar-refractivity contribution in [2.24, 2.45) is 13.0 Å². The molecule has 1 fully saturated rings. The third-order valence-electron chi connectivity index (χ3n) is 4.54. The van der Waals surface area contributed by atoms with Gasteiger partial charge >= 0.3 is 6.03 Å². The molecule has 132 valence electrons. The fraction of sp³-hybridized carbons (Fsp3) is 0.263. The first-order valence-corrected chi connectivity index (χ1v) is 8.66. The summed E-state index contributed by atoms with van der Waals surface area (Å²) in [7, 11) is 1.78. The van der Waals surface area contributed by atoms with Crippen LogP contribution in [0.5, 0.6) is 0 Å². The number of tetrazole rings is 1. The molecule has 0 saturated heterocycles. The van der Waals surface area contributed by atoms with Gasteiger partial charge < -0.3 is 10.6 Å². The maximum atomic E-state index is 12.5. The van der Waals surface area contributed by atoms with Gasteiger partial charge in [0.1, 0.15) is 0 Å². The van der Waals surface area contributed by atoms with Crippen LogP contribution >= 0.6 is 0 Å². The molecule has 1 unspecified atom stereocenters. The first kappa shape index (κ1) is 16.3. The normalized spacial score (nSPS) is 14.7. The minimum absolute atomic E-state index is 0.0438.